The van der Waals surface area contributed by atoms with Crippen LogP contribution in [0.3, 0.4) is 0 Å². The van der Waals surface area contributed by atoms with E-state index in [0.29, 0.717) is 48.5 Å². The van der Waals surface area contributed by atoms with E-state index in [2.05, 4.69) is 0 Å². The van der Waals surface area contributed by atoms with Gasteiger partial charge in [0, 0.05) is 30.6 Å². The van der Waals surface area contributed by atoms with Gasteiger partial charge in [-0.1, -0.05) is 23.7 Å². The van der Waals surface area contributed by atoms with Crippen LogP contribution in [0.15, 0.2) is 51.7 Å². The molecule has 1 aliphatic heterocycles. The van der Waals surface area contributed by atoms with Crippen molar-refractivity contribution < 1.29 is 18.7 Å². The first-order valence-corrected chi connectivity index (χ1v) is 9.74. The minimum atomic E-state index is -0.940. The molecule has 4 rings (SSSR count). The summed E-state index contributed by atoms with van der Waals surface area (Å²) in [6.45, 7) is 0.629. The third-order valence-electron chi connectivity index (χ3n) is 5.42. The maximum absolute atomic E-state index is 13.1. The summed E-state index contributed by atoms with van der Waals surface area (Å²) >= 11 is 5.91. The van der Waals surface area contributed by atoms with Gasteiger partial charge < -0.3 is 14.4 Å². The van der Waals surface area contributed by atoms with Gasteiger partial charge >= 0.3 is 5.76 Å². The number of fused-ring (bicyclic) bond motifs is 1. The van der Waals surface area contributed by atoms with Crippen LogP contribution in [0.1, 0.15) is 18.4 Å². The Morgan fingerprint density at radius 2 is 1.86 bits per heavy atom. The van der Waals surface area contributed by atoms with Gasteiger partial charge in [0.1, 0.15) is 12.4 Å². The Morgan fingerprint density at radius 3 is 2.55 bits per heavy atom. The molecule has 3 aromatic rings. The molecular weight excluding hydrogens is 399 g/mol. The van der Waals surface area contributed by atoms with Crippen LogP contribution in [-0.4, -0.2) is 39.2 Å². The molecule has 2 heterocycles. The molecule has 0 bridgehead atoms. The number of carbonyl (C=O) groups excluding carboxylic acids is 1. The minimum absolute atomic E-state index is 0.135. The van der Waals surface area contributed by atoms with Crippen LogP contribution in [0.25, 0.3) is 11.1 Å². The predicted molar refractivity (Wildman–Crippen MR) is 106 cm³/mol. The number of benzene rings is 2. The molecule has 0 saturated carbocycles. The number of carbonyl (C=O) groups is 1. The number of aliphatic hydroxyl groups is 1. The van der Waals surface area contributed by atoms with E-state index in [0.717, 1.165) is 5.56 Å². The van der Waals surface area contributed by atoms with Crippen molar-refractivity contribution in [3.05, 3.63) is 69.4 Å². The third-order valence-corrected chi connectivity index (χ3v) is 5.65. The zero-order chi connectivity index (χ0) is 20.6. The second kappa shape index (κ2) is 7.65. The number of likely N-dealkylation sites (tertiary alicyclic amines) is 1. The largest absolute Gasteiger partial charge is 0.420 e. The van der Waals surface area contributed by atoms with Crippen LogP contribution < -0.4 is 5.76 Å². The first-order chi connectivity index (χ1) is 13.8. The third kappa shape index (κ3) is 4.21. The van der Waals surface area contributed by atoms with Crippen molar-refractivity contribution in [2.24, 2.45) is 0 Å². The zero-order valence-corrected chi connectivity index (χ0v) is 16.4. The number of piperidine rings is 1. The molecule has 1 aromatic heterocycles. The van der Waals surface area contributed by atoms with Gasteiger partial charge in [-0.05, 0) is 42.7 Å². The summed E-state index contributed by atoms with van der Waals surface area (Å²) in [5.41, 5.74) is 0.758. The van der Waals surface area contributed by atoms with Gasteiger partial charge in [-0.3, -0.25) is 9.36 Å². The van der Waals surface area contributed by atoms with E-state index in [4.69, 9.17) is 16.0 Å². The summed E-state index contributed by atoms with van der Waals surface area (Å²) in [4.78, 5) is 26.5. The monoisotopic (exact) mass is 418 g/mol. The molecule has 0 radical (unpaired) electrons. The average Bonchev–Trinajstić information content (AvgIpc) is 2.98. The van der Waals surface area contributed by atoms with Crippen LogP contribution in [0.2, 0.25) is 5.02 Å². The molecule has 0 spiro atoms. The molecule has 0 aliphatic carbocycles. The Hall–Kier alpha value is -2.64. The number of amides is 1. The topological polar surface area (TPSA) is 75.7 Å². The van der Waals surface area contributed by atoms with Gasteiger partial charge in [-0.25, -0.2) is 9.18 Å². The van der Waals surface area contributed by atoms with Crippen molar-refractivity contribution in [2.75, 3.05) is 13.1 Å². The van der Waals surface area contributed by atoms with Crippen molar-refractivity contribution in [2.45, 2.75) is 31.4 Å². The number of aromatic nitrogens is 1. The van der Waals surface area contributed by atoms with E-state index in [1.807, 2.05) is 0 Å². The van der Waals surface area contributed by atoms with Crippen molar-refractivity contribution in [3.8, 4) is 0 Å². The first kappa shape index (κ1) is 19.7. The van der Waals surface area contributed by atoms with Gasteiger partial charge in [-0.2, -0.15) is 0 Å². The highest BCUT2D eigenvalue weighted by molar-refractivity contribution is 6.31. The summed E-state index contributed by atoms with van der Waals surface area (Å²) in [5, 5.41) is 11.3. The summed E-state index contributed by atoms with van der Waals surface area (Å²) in [6, 6.07) is 10.9. The second-order valence-corrected chi connectivity index (χ2v) is 7.91. The quantitative estimate of drug-likeness (QED) is 0.706. The normalized spacial score (nSPS) is 16.3. The van der Waals surface area contributed by atoms with E-state index in [9.17, 15) is 19.1 Å². The van der Waals surface area contributed by atoms with E-state index < -0.39 is 11.4 Å². The fourth-order valence-electron chi connectivity index (χ4n) is 3.76. The fraction of sp³-hybridized carbons (Fsp3) is 0.333. The van der Waals surface area contributed by atoms with Gasteiger partial charge in [0.2, 0.25) is 5.91 Å². The maximum Gasteiger partial charge on any atom is 0.420 e. The Kier molecular flexibility index (Phi) is 5.19. The fourth-order valence-corrected chi connectivity index (χ4v) is 3.92. The van der Waals surface area contributed by atoms with Crippen LogP contribution in [0, 0.1) is 5.82 Å². The molecule has 0 atom stereocenters. The molecule has 152 valence electrons. The number of hydrogen-bond donors (Lipinski definition) is 1. The predicted octanol–water partition coefficient (Wildman–Crippen LogP) is 2.98. The lowest BCUT2D eigenvalue weighted by molar-refractivity contribution is -0.136. The lowest BCUT2D eigenvalue weighted by atomic mass is 9.85. The molecule has 8 heteroatoms. The summed E-state index contributed by atoms with van der Waals surface area (Å²) in [5.74, 6) is -1.14. The van der Waals surface area contributed by atoms with Gasteiger partial charge in [0.05, 0.1) is 11.1 Å². The van der Waals surface area contributed by atoms with Gasteiger partial charge in [-0.15, -0.1) is 0 Å². The number of rotatable bonds is 4. The summed E-state index contributed by atoms with van der Waals surface area (Å²) in [7, 11) is 0. The van der Waals surface area contributed by atoms with E-state index in [1.54, 1.807) is 29.2 Å². The molecule has 1 saturated heterocycles. The highest BCUT2D eigenvalue weighted by Gasteiger charge is 2.34. The number of hydrogen-bond acceptors (Lipinski definition) is 4. The second-order valence-electron chi connectivity index (χ2n) is 7.47. The van der Waals surface area contributed by atoms with Crippen molar-refractivity contribution in [1.82, 2.24) is 9.47 Å². The number of nitrogens with zero attached hydrogens (tertiary/aromatic N) is 2. The molecular formula is C21H20ClFN2O4. The van der Waals surface area contributed by atoms with Gasteiger partial charge in [0.25, 0.3) is 0 Å². The van der Waals surface area contributed by atoms with Crippen LogP contribution in [0.4, 0.5) is 4.39 Å². The molecule has 0 unspecified atom stereocenters. The van der Waals surface area contributed by atoms with E-state index in [1.165, 1.54) is 22.8 Å². The Balaban J connectivity index is 1.41. The molecule has 1 aliphatic rings. The molecule has 6 nitrogen and oxygen atoms in total. The average molecular weight is 419 g/mol. The van der Waals surface area contributed by atoms with Crippen molar-refractivity contribution >= 4 is 28.6 Å². The van der Waals surface area contributed by atoms with Crippen LogP contribution in [0.5, 0.6) is 0 Å². The lowest BCUT2D eigenvalue weighted by Gasteiger charge is -2.38. The minimum Gasteiger partial charge on any atom is -0.408 e. The highest BCUT2D eigenvalue weighted by atomic mass is 35.5. The lowest BCUT2D eigenvalue weighted by Crippen LogP contribution is -2.48. The SMILES string of the molecule is O=C(Cn1c(=O)oc2cc(Cl)ccc21)N1CCC(O)(Cc2ccc(F)cc2)CC1. The molecule has 1 N–H and O–H groups in total. The summed E-state index contributed by atoms with van der Waals surface area (Å²) in [6.07, 6.45) is 1.22. The van der Waals surface area contributed by atoms with E-state index in [-0.39, 0.29) is 18.3 Å². The summed E-state index contributed by atoms with van der Waals surface area (Å²) < 4.78 is 19.5. The number of oxazole rings is 1. The number of halogens is 2. The first-order valence-electron chi connectivity index (χ1n) is 9.36. The highest BCUT2D eigenvalue weighted by Crippen LogP contribution is 2.27. The maximum atomic E-state index is 13.1. The Morgan fingerprint density at radius 1 is 1.17 bits per heavy atom. The Bertz CT molecular complexity index is 1100. The molecule has 1 amide bonds. The van der Waals surface area contributed by atoms with E-state index >= 15 is 0 Å². The zero-order valence-electron chi connectivity index (χ0n) is 15.6. The molecule has 1 fully saturated rings. The van der Waals surface area contributed by atoms with Crippen molar-refractivity contribution in [3.63, 3.8) is 0 Å². The molecule has 29 heavy (non-hydrogen) atoms. The molecule has 2 aromatic carbocycles. The standard InChI is InChI=1S/C21H20ClFN2O4/c22-15-3-6-17-18(11-15)29-20(27)25(17)13-19(26)24-9-7-21(28,8-10-24)12-14-1-4-16(23)5-2-14/h1-6,11,28H,7-10,12-13H2. The van der Waals surface area contributed by atoms with Crippen molar-refractivity contribution in [1.29, 1.82) is 0 Å². The van der Waals surface area contributed by atoms with Gasteiger partial charge in [0.15, 0.2) is 5.58 Å². The Labute approximate surface area is 171 Å². The van der Waals surface area contributed by atoms with Crippen LogP contribution >= 0.6 is 11.6 Å². The smallest absolute Gasteiger partial charge is 0.408 e. The van der Waals surface area contributed by atoms with Crippen LogP contribution in [-0.2, 0) is 17.8 Å².